The zero-order valence-electron chi connectivity index (χ0n) is 6.01. The zero-order valence-corrected chi connectivity index (χ0v) is 6.01. The molecule has 1 aromatic heterocycles. The Balaban J connectivity index is 2.73. The number of para-hydroxylation sites is 1. The summed E-state index contributed by atoms with van der Waals surface area (Å²) in [6, 6.07) is 4.61. The summed E-state index contributed by atoms with van der Waals surface area (Å²) in [6.45, 7) is 0. The van der Waals surface area contributed by atoms with Crippen molar-refractivity contribution in [2.75, 3.05) is 0 Å². The molecule has 0 amide bonds. The van der Waals surface area contributed by atoms with Crippen molar-refractivity contribution in [1.29, 1.82) is 0 Å². The number of fused-ring (bicyclic) bond motifs is 1. The summed E-state index contributed by atoms with van der Waals surface area (Å²) >= 11 is 0. The van der Waals surface area contributed by atoms with Crippen molar-refractivity contribution in [3.8, 4) is 0 Å². The van der Waals surface area contributed by atoms with Gasteiger partial charge in [0.1, 0.15) is 0 Å². The summed E-state index contributed by atoms with van der Waals surface area (Å²) in [7, 11) is 0. The zero-order chi connectivity index (χ0) is 8.55. The number of aromatic nitrogens is 2. The number of halogens is 2. The van der Waals surface area contributed by atoms with Crippen molar-refractivity contribution in [2.24, 2.45) is 0 Å². The number of hydrogen-bond acceptors (Lipinski definition) is 1. The van der Waals surface area contributed by atoms with Crippen LogP contribution < -0.4 is 0 Å². The van der Waals surface area contributed by atoms with E-state index in [1.54, 1.807) is 12.1 Å². The van der Waals surface area contributed by atoms with Gasteiger partial charge in [0.2, 0.25) is 0 Å². The molecule has 0 saturated carbocycles. The molecule has 0 spiro atoms. The minimum absolute atomic E-state index is 0.0509. The van der Waals surface area contributed by atoms with Crippen LogP contribution in [0.4, 0.5) is 8.78 Å². The van der Waals surface area contributed by atoms with E-state index in [9.17, 15) is 8.78 Å². The number of rotatable bonds is 1. The molecule has 1 radical (unpaired) electrons. The Morgan fingerprint density at radius 1 is 1.42 bits per heavy atom. The van der Waals surface area contributed by atoms with Crippen molar-refractivity contribution in [3.05, 3.63) is 30.1 Å². The van der Waals surface area contributed by atoms with Gasteiger partial charge in [-0.3, -0.25) is 0 Å². The minimum atomic E-state index is -2.48. The predicted octanol–water partition coefficient (Wildman–Crippen LogP) is 2.30. The third kappa shape index (κ3) is 0.958. The molecule has 1 N–H and O–H groups in total. The Kier molecular flexibility index (Phi) is 1.53. The largest absolute Gasteiger partial charge is 0.335 e. The average molecular weight is 167 g/mol. The molecule has 12 heavy (non-hydrogen) atoms. The minimum Gasteiger partial charge on any atom is -0.335 e. The van der Waals surface area contributed by atoms with Crippen LogP contribution in [-0.2, 0) is 0 Å². The first-order chi connectivity index (χ1) is 5.79. The van der Waals surface area contributed by atoms with Gasteiger partial charge >= 0.3 is 0 Å². The van der Waals surface area contributed by atoms with E-state index in [-0.39, 0.29) is 5.56 Å². The number of benzene rings is 1. The van der Waals surface area contributed by atoms with E-state index in [0.717, 1.165) is 0 Å². The van der Waals surface area contributed by atoms with E-state index in [1.165, 1.54) is 6.07 Å². The lowest BCUT2D eigenvalue weighted by atomic mass is 10.2. The van der Waals surface area contributed by atoms with Crippen LogP contribution in [0.15, 0.2) is 18.2 Å². The Morgan fingerprint density at radius 2 is 2.25 bits per heavy atom. The number of alkyl halides is 2. The van der Waals surface area contributed by atoms with E-state index in [1.807, 2.05) is 0 Å². The van der Waals surface area contributed by atoms with Gasteiger partial charge in [-0.2, -0.15) is 0 Å². The first-order valence-corrected chi connectivity index (χ1v) is 3.42. The fraction of sp³-hybridized carbons (Fsp3) is 0.125. The molecule has 0 fully saturated rings. The normalized spacial score (nSPS) is 11.2. The molecule has 0 atom stereocenters. The number of aromatic amines is 1. The highest BCUT2D eigenvalue weighted by molar-refractivity contribution is 5.78. The molecule has 0 saturated heterocycles. The highest BCUT2D eigenvalue weighted by Crippen LogP contribution is 2.24. The maximum absolute atomic E-state index is 12.3. The standard InChI is InChI=1S/C8H5F2N2/c9-8(10)5-2-1-3-6-7(5)12-4-11-6/h1-3,8H,(H,11,12). The summed E-state index contributed by atoms with van der Waals surface area (Å²) in [5.41, 5.74) is 0.838. The molecular weight excluding hydrogens is 162 g/mol. The number of nitrogens with one attached hydrogen (secondary N) is 1. The Labute approximate surface area is 67.2 Å². The van der Waals surface area contributed by atoms with Gasteiger partial charge in [0.25, 0.3) is 6.43 Å². The van der Waals surface area contributed by atoms with Crippen LogP contribution in [0.2, 0.25) is 0 Å². The smallest absolute Gasteiger partial charge is 0.266 e. The summed E-state index contributed by atoms with van der Waals surface area (Å²) < 4.78 is 24.6. The molecule has 4 heteroatoms. The van der Waals surface area contributed by atoms with Gasteiger partial charge in [-0.1, -0.05) is 12.1 Å². The van der Waals surface area contributed by atoms with E-state index >= 15 is 0 Å². The van der Waals surface area contributed by atoms with E-state index in [2.05, 4.69) is 16.3 Å². The van der Waals surface area contributed by atoms with Crippen LogP contribution in [0.25, 0.3) is 11.0 Å². The number of imidazole rings is 1. The first kappa shape index (κ1) is 7.21. The first-order valence-electron chi connectivity index (χ1n) is 3.42. The molecule has 2 rings (SSSR count). The molecule has 0 aliphatic heterocycles. The molecular formula is C8H5F2N2. The second-order valence-electron chi connectivity index (χ2n) is 2.39. The molecule has 0 unspecified atom stereocenters. The quantitative estimate of drug-likeness (QED) is 0.693. The van der Waals surface area contributed by atoms with Crippen molar-refractivity contribution < 1.29 is 8.78 Å². The Morgan fingerprint density at radius 3 is 3.00 bits per heavy atom. The molecule has 2 nitrogen and oxygen atoms in total. The number of nitrogens with zero attached hydrogens (tertiary/aromatic N) is 1. The Bertz CT molecular complexity index is 395. The summed E-state index contributed by atoms with van der Waals surface area (Å²) in [5.74, 6) is 0. The fourth-order valence-corrected chi connectivity index (χ4v) is 1.11. The van der Waals surface area contributed by atoms with E-state index in [4.69, 9.17) is 0 Å². The maximum atomic E-state index is 12.3. The third-order valence-corrected chi connectivity index (χ3v) is 1.66. The van der Waals surface area contributed by atoms with Gasteiger partial charge in [0, 0.05) is 5.56 Å². The lowest BCUT2D eigenvalue weighted by molar-refractivity contribution is 0.153. The third-order valence-electron chi connectivity index (χ3n) is 1.66. The second-order valence-corrected chi connectivity index (χ2v) is 2.39. The van der Waals surface area contributed by atoms with Gasteiger partial charge in [0.15, 0.2) is 6.33 Å². The van der Waals surface area contributed by atoms with Crippen molar-refractivity contribution in [3.63, 3.8) is 0 Å². The molecule has 0 bridgehead atoms. The van der Waals surface area contributed by atoms with Gasteiger partial charge in [-0.25, -0.2) is 13.8 Å². The highest BCUT2D eigenvalue weighted by Gasteiger charge is 2.12. The topological polar surface area (TPSA) is 28.7 Å². The number of H-pyrrole nitrogens is 1. The summed E-state index contributed by atoms with van der Waals surface area (Å²) in [4.78, 5) is 6.32. The summed E-state index contributed by atoms with van der Waals surface area (Å²) in [5, 5.41) is 0. The maximum Gasteiger partial charge on any atom is 0.266 e. The molecule has 1 aromatic carbocycles. The fourth-order valence-electron chi connectivity index (χ4n) is 1.11. The summed E-state index contributed by atoms with van der Waals surface area (Å²) in [6.07, 6.45) is -0.0565. The molecule has 0 aliphatic rings. The van der Waals surface area contributed by atoms with Gasteiger partial charge in [-0.05, 0) is 6.07 Å². The molecule has 0 aliphatic carbocycles. The van der Waals surface area contributed by atoms with Crippen LogP contribution in [-0.4, -0.2) is 9.97 Å². The molecule has 61 valence electrons. The average Bonchev–Trinajstić information content (AvgIpc) is 2.49. The molecule has 2 aromatic rings. The van der Waals surface area contributed by atoms with Gasteiger partial charge in [-0.15, -0.1) is 0 Å². The van der Waals surface area contributed by atoms with Crippen LogP contribution in [0.1, 0.15) is 12.0 Å². The van der Waals surface area contributed by atoms with E-state index < -0.39 is 6.43 Å². The SMILES string of the molecule is FC(F)c1cccc2[nH][c]nc12. The lowest BCUT2D eigenvalue weighted by Crippen LogP contribution is -1.85. The highest BCUT2D eigenvalue weighted by atomic mass is 19.3. The predicted molar refractivity (Wildman–Crippen MR) is 39.9 cm³/mol. The van der Waals surface area contributed by atoms with Crippen molar-refractivity contribution >= 4 is 11.0 Å². The van der Waals surface area contributed by atoms with Gasteiger partial charge < -0.3 is 4.98 Å². The number of hydrogen-bond donors (Lipinski definition) is 1. The van der Waals surface area contributed by atoms with Crippen molar-refractivity contribution in [2.45, 2.75) is 6.43 Å². The lowest BCUT2D eigenvalue weighted by Gasteiger charge is -1.98. The molecule has 1 heterocycles. The van der Waals surface area contributed by atoms with Crippen LogP contribution >= 0.6 is 0 Å². The van der Waals surface area contributed by atoms with Crippen LogP contribution in [0, 0.1) is 6.33 Å². The Hall–Kier alpha value is -1.45. The van der Waals surface area contributed by atoms with Crippen LogP contribution in [0.3, 0.4) is 0 Å². The van der Waals surface area contributed by atoms with Crippen molar-refractivity contribution in [1.82, 2.24) is 9.97 Å². The van der Waals surface area contributed by atoms with E-state index in [0.29, 0.717) is 11.0 Å². The second kappa shape index (κ2) is 2.55. The van der Waals surface area contributed by atoms with Gasteiger partial charge in [0.05, 0.1) is 11.0 Å². The van der Waals surface area contributed by atoms with Crippen LogP contribution in [0.5, 0.6) is 0 Å². The monoisotopic (exact) mass is 167 g/mol.